The second kappa shape index (κ2) is 5.61. The zero-order valence-corrected chi connectivity index (χ0v) is 9.88. The number of nitrogens with one attached hydrogen (secondary N) is 4. The standard InChI is InChI=1S/C11H22N4O/c1-12-9-2-3-10(6-9)15-11(16)8-4-5-13-14-7-8/h8-10,12-14H,2-7H2,1H3,(H,15,16). The molecule has 0 aromatic carbocycles. The molecule has 1 amide bonds. The summed E-state index contributed by atoms with van der Waals surface area (Å²) in [5, 5.41) is 6.44. The van der Waals surface area contributed by atoms with E-state index in [0.717, 1.165) is 32.4 Å². The summed E-state index contributed by atoms with van der Waals surface area (Å²) < 4.78 is 0. The third-order valence-electron chi connectivity index (χ3n) is 3.65. The Morgan fingerprint density at radius 1 is 1.19 bits per heavy atom. The van der Waals surface area contributed by atoms with Gasteiger partial charge in [0.2, 0.25) is 5.91 Å². The first-order chi connectivity index (χ1) is 7.79. The minimum Gasteiger partial charge on any atom is -0.353 e. The van der Waals surface area contributed by atoms with Crippen LogP contribution in [-0.2, 0) is 4.79 Å². The molecule has 2 fully saturated rings. The van der Waals surface area contributed by atoms with Gasteiger partial charge >= 0.3 is 0 Å². The lowest BCUT2D eigenvalue weighted by atomic mass is 10.0. The molecule has 1 heterocycles. The van der Waals surface area contributed by atoms with Crippen LogP contribution >= 0.6 is 0 Å². The summed E-state index contributed by atoms with van der Waals surface area (Å²) in [6.07, 6.45) is 4.28. The Morgan fingerprint density at radius 2 is 2.00 bits per heavy atom. The maximum Gasteiger partial charge on any atom is 0.224 e. The zero-order chi connectivity index (χ0) is 11.4. The van der Waals surface area contributed by atoms with Crippen LogP contribution in [-0.4, -0.2) is 38.1 Å². The third kappa shape index (κ3) is 2.93. The van der Waals surface area contributed by atoms with E-state index in [0.29, 0.717) is 12.1 Å². The molecule has 16 heavy (non-hydrogen) atoms. The van der Waals surface area contributed by atoms with E-state index in [1.165, 1.54) is 6.42 Å². The van der Waals surface area contributed by atoms with Crippen LogP contribution in [0.4, 0.5) is 0 Å². The number of hydrogen-bond acceptors (Lipinski definition) is 4. The Labute approximate surface area is 96.7 Å². The molecule has 0 aromatic heterocycles. The number of rotatable bonds is 3. The summed E-state index contributed by atoms with van der Waals surface area (Å²) in [4.78, 5) is 11.9. The van der Waals surface area contributed by atoms with Gasteiger partial charge in [0.25, 0.3) is 0 Å². The summed E-state index contributed by atoms with van der Waals surface area (Å²) in [6, 6.07) is 0.955. The predicted molar refractivity (Wildman–Crippen MR) is 62.7 cm³/mol. The van der Waals surface area contributed by atoms with Crippen LogP contribution in [0.5, 0.6) is 0 Å². The van der Waals surface area contributed by atoms with Gasteiger partial charge in [-0.25, -0.2) is 0 Å². The maximum absolute atomic E-state index is 11.9. The Morgan fingerprint density at radius 3 is 2.62 bits per heavy atom. The van der Waals surface area contributed by atoms with E-state index in [4.69, 9.17) is 0 Å². The average Bonchev–Trinajstić information content (AvgIpc) is 2.78. The molecule has 1 saturated heterocycles. The molecule has 3 atom stereocenters. The predicted octanol–water partition coefficient (Wildman–Crippen LogP) is -0.643. The Bertz CT molecular complexity index is 240. The van der Waals surface area contributed by atoms with Crippen molar-refractivity contribution in [1.82, 2.24) is 21.5 Å². The van der Waals surface area contributed by atoms with Crippen LogP contribution in [0.2, 0.25) is 0 Å². The van der Waals surface area contributed by atoms with Gasteiger partial charge in [0.05, 0.1) is 5.92 Å². The first-order valence-corrected chi connectivity index (χ1v) is 6.23. The van der Waals surface area contributed by atoms with E-state index in [2.05, 4.69) is 21.5 Å². The molecule has 5 nitrogen and oxygen atoms in total. The average molecular weight is 226 g/mol. The van der Waals surface area contributed by atoms with Gasteiger partial charge in [-0.15, -0.1) is 0 Å². The van der Waals surface area contributed by atoms with Crippen LogP contribution in [0, 0.1) is 5.92 Å². The molecule has 0 spiro atoms. The molecule has 3 unspecified atom stereocenters. The van der Waals surface area contributed by atoms with Gasteiger partial charge in [0.15, 0.2) is 0 Å². The minimum atomic E-state index is 0.134. The molecule has 1 saturated carbocycles. The summed E-state index contributed by atoms with van der Waals surface area (Å²) in [5.74, 6) is 0.352. The van der Waals surface area contributed by atoms with E-state index in [1.807, 2.05) is 7.05 Å². The normalized spacial score (nSPS) is 34.9. The van der Waals surface area contributed by atoms with Crippen LogP contribution in [0.25, 0.3) is 0 Å². The molecule has 1 aliphatic heterocycles. The molecule has 0 bridgehead atoms. The summed E-state index contributed by atoms with van der Waals surface area (Å²) in [7, 11) is 1.99. The van der Waals surface area contributed by atoms with Crippen LogP contribution in [0.1, 0.15) is 25.7 Å². The highest BCUT2D eigenvalue weighted by Gasteiger charge is 2.27. The topological polar surface area (TPSA) is 65.2 Å². The first-order valence-electron chi connectivity index (χ1n) is 6.23. The molecule has 92 valence electrons. The van der Waals surface area contributed by atoms with Gasteiger partial charge in [0, 0.05) is 25.2 Å². The fourth-order valence-corrected chi connectivity index (χ4v) is 2.55. The molecule has 1 aliphatic carbocycles. The van der Waals surface area contributed by atoms with Crippen molar-refractivity contribution < 1.29 is 4.79 Å². The molecule has 2 aliphatic rings. The second-order valence-corrected chi connectivity index (χ2v) is 4.80. The van der Waals surface area contributed by atoms with E-state index in [9.17, 15) is 4.79 Å². The van der Waals surface area contributed by atoms with E-state index in [-0.39, 0.29) is 11.8 Å². The zero-order valence-electron chi connectivity index (χ0n) is 9.88. The Balaban J connectivity index is 1.74. The quantitative estimate of drug-likeness (QED) is 0.517. The highest BCUT2D eigenvalue weighted by atomic mass is 16.2. The second-order valence-electron chi connectivity index (χ2n) is 4.80. The highest BCUT2D eigenvalue weighted by molar-refractivity contribution is 5.79. The van der Waals surface area contributed by atoms with E-state index < -0.39 is 0 Å². The van der Waals surface area contributed by atoms with Crippen molar-refractivity contribution in [2.24, 2.45) is 5.92 Å². The van der Waals surface area contributed by atoms with Gasteiger partial charge in [-0.05, 0) is 32.7 Å². The van der Waals surface area contributed by atoms with Crippen molar-refractivity contribution in [3.8, 4) is 0 Å². The lowest BCUT2D eigenvalue weighted by Crippen LogP contribution is -2.49. The molecule has 0 radical (unpaired) electrons. The first kappa shape index (κ1) is 11.8. The van der Waals surface area contributed by atoms with E-state index in [1.54, 1.807) is 0 Å². The van der Waals surface area contributed by atoms with Gasteiger partial charge < -0.3 is 10.6 Å². The molecule has 0 aromatic rings. The van der Waals surface area contributed by atoms with Crippen LogP contribution in [0.3, 0.4) is 0 Å². The lowest BCUT2D eigenvalue weighted by molar-refractivity contribution is -0.126. The minimum absolute atomic E-state index is 0.134. The van der Waals surface area contributed by atoms with Crippen molar-refractivity contribution in [3.05, 3.63) is 0 Å². The molecule has 4 N–H and O–H groups in total. The van der Waals surface area contributed by atoms with Crippen LogP contribution < -0.4 is 21.5 Å². The summed E-state index contributed by atoms with van der Waals surface area (Å²) in [5.41, 5.74) is 6.08. The van der Waals surface area contributed by atoms with Crippen molar-refractivity contribution in [1.29, 1.82) is 0 Å². The number of amides is 1. The van der Waals surface area contributed by atoms with Crippen LogP contribution in [0.15, 0.2) is 0 Å². The lowest BCUT2D eigenvalue weighted by Gasteiger charge is -2.24. The molecule has 2 rings (SSSR count). The van der Waals surface area contributed by atoms with Crippen molar-refractivity contribution in [3.63, 3.8) is 0 Å². The van der Waals surface area contributed by atoms with Crippen molar-refractivity contribution in [2.45, 2.75) is 37.8 Å². The van der Waals surface area contributed by atoms with Gasteiger partial charge in [-0.2, -0.15) is 0 Å². The monoisotopic (exact) mass is 226 g/mol. The smallest absolute Gasteiger partial charge is 0.224 e. The third-order valence-corrected chi connectivity index (χ3v) is 3.65. The van der Waals surface area contributed by atoms with E-state index >= 15 is 0 Å². The molecule has 5 heteroatoms. The van der Waals surface area contributed by atoms with Gasteiger partial charge in [-0.3, -0.25) is 15.6 Å². The fourth-order valence-electron chi connectivity index (χ4n) is 2.55. The van der Waals surface area contributed by atoms with Crippen molar-refractivity contribution >= 4 is 5.91 Å². The maximum atomic E-state index is 11.9. The summed E-state index contributed by atoms with van der Waals surface area (Å²) in [6.45, 7) is 1.62. The summed E-state index contributed by atoms with van der Waals surface area (Å²) >= 11 is 0. The van der Waals surface area contributed by atoms with Gasteiger partial charge in [-0.1, -0.05) is 0 Å². The fraction of sp³-hybridized carbons (Fsp3) is 0.909. The number of hydrazine groups is 1. The highest BCUT2D eigenvalue weighted by Crippen LogP contribution is 2.19. The Kier molecular flexibility index (Phi) is 4.15. The number of carbonyl (C=O) groups excluding carboxylic acids is 1. The molecular formula is C11H22N4O. The molecular weight excluding hydrogens is 204 g/mol. The number of carbonyl (C=O) groups is 1. The SMILES string of the molecule is CNC1CCC(NC(=O)C2CCNNC2)C1. The largest absolute Gasteiger partial charge is 0.353 e. The number of hydrogen-bond donors (Lipinski definition) is 4. The van der Waals surface area contributed by atoms with Crippen molar-refractivity contribution in [2.75, 3.05) is 20.1 Å². The van der Waals surface area contributed by atoms with Gasteiger partial charge in [0.1, 0.15) is 0 Å². The Hall–Kier alpha value is -0.650.